The van der Waals surface area contributed by atoms with E-state index in [1.165, 1.54) is 0 Å². The molecule has 0 unspecified atom stereocenters. The zero-order chi connectivity index (χ0) is 14.5. The first-order valence-electron chi connectivity index (χ1n) is 6.86. The third-order valence-corrected chi connectivity index (χ3v) is 3.19. The standard InChI is InChI=1S/C16H20N2O2/c1-11(2)9-15(19)16(20)18-10-12-7-8-17-14-6-4-3-5-13(12)14/h3-8,11,15,19H,9-10H2,1-2H3,(H,18,20)/t15-/m0/s1. The molecule has 0 aliphatic carbocycles. The van der Waals surface area contributed by atoms with Crippen molar-refractivity contribution in [3.63, 3.8) is 0 Å². The molecule has 0 radical (unpaired) electrons. The Hall–Kier alpha value is -1.94. The first kappa shape index (κ1) is 14.5. The van der Waals surface area contributed by atoms with Gasteiger partial charge < -0.3 is 10.4 Å². The largest absolute Gasteiger partial charge is 0.383 e. The van der Waals surface area contributed by atoms with E-state index in [0.717, 1.165) is 16.5 Å². The molecule has 106 valence electrons. The summed E-state index contributed by atoms with van der Waals surface area (Å²) in [6.07, 6.45) is 1.26. The molecule has 0 fully saturated rings. The van der Waals surface area contributed by atoms with E-state index in [4.69, 9.17) is 0 Å². The molecule has 20 heavy (non-hydrogen) atoms. The van der Waals surface area contributed by atoms with Gasteiger partial charge in [-0.2, -0.15) is 0 Å². The molecule has 1 aromatic heterocycles. The fourth-order valence-corrected chi connectivity index (χ4v) is 2.16. The topological polar surface area (TPSA) is 62.2 Å². The van der Waals surface area contributed by atoms with Crippen molar-refractivity contribution >= 4 is 16.8 Å². The summed E-state index contributed by atoms with van der Waals surface area (Å²) < 4.78 is 0. The first-order valence-corrected chi connectivity index (χ1v) is 6.86. The second kappa shape index (κ2) is 6.48. The van der Waals surface area contributed by atoms with Gasteiger partial charge in [-0.25, -0.2) is 0 Å². The van der Waals surface area contributed by atoms with Gasteiger partial charge in [-0.3, -0.25) is 9.78 Å². The summed E-state index contributed by atoms with van der Waals surface area (Å²) in [5, 5.41) is 13.6. The molecule has 0 spiro atoms. The van der Waals surface area contributed by atoms with Gasteiger partial charge in [0.2, 0.25) is 5.91 Å². The highest BCUT2D eigenvalue weighted by atomic mass is 16.3. The molecule has 2 aromatic rings. The molecule has 0 saturated heterocycles. The quantitative estimate of drug-likeness (QED) is 0.877. The van der Waals surface area contributed by atoms with E-state index < -0.39 is 6.10 Å². The molecular weight excluding hydrogens is 252 g/mol. The van der Waals surface area contributed by atoms with Crippen LogP contribution in [0, 0.1) is 5.92 Å². The lowest BCUT2D eigenvalue weighted by molar-refractivity contribution is -0.130. The van der Waals surface area contributed by atoms with Crippen LogP contribution < -0.4 is 5.32 Å². The van der Waals surface area contributed by atoms with Crippen LogP contribution in [-0.2, 0) is 11.3 Å². The maximum absolute atomic E-state index is 11.8. The molecule has 1 atom stereocenters. The van der Waals surface area contributed by atoms with E-state index in [0.29, 0.717) is 13.0 Å². The third kappa shape index (κ3) is 3.54. The van der Waals surface area contributed by atoms with E-state index in [1.54, 1.807) is 6.20 Å². The van der Waals surface area contributed by atoms with Crippen LogP contribution in [0.1, 0.15) is 25.8 Å². The van der Waals surface area contributed by atoms with Gasteiger partial charge in [-0.1, -0.05) is 32.0 Å². The zero-order valence-corrected chi connectivity index (χ0v) is 11.8. The Balaban J connectivity index is 2.04. The van der Waals surface area contributed by atoms with Crippen molar-refractivity contribution in [3.05, 3.63) is 42.1 Å². The normalized spacial score (nSPS) is 12.6. The molecule has 2 rings (SSSR count). The predicted octanol–water partition coefficient (Wildman–Crippen LogP) is 2.26. The maximum Gasteiger partial charge on any atom is 0.249 e. The fraction of sp³-hybridized carbons (Fsp3) is 0.375. The number of rotatable bonds is 5. The smallest absolute Gasteiger partial charge is 0.249 e. The summed E-state index contributed by atoms with van der Waals surface area (Å²) in [4.78, 5) is 16.1. The zero-order valence-electron chi connectivity index (χ0n) is 11.8. The second-order valence-electron chi connectivity index (χ2n) is 5.35. The minimum atomic E-state index is -0.942. The van der Waals surface area contributed by atoms with Crippen LogP contribution in [0.15, 0.2) is 36.5 Å². The van der Waals surface area contributed by atoms with E-state index in [9.17, 15) is 9.90 Å². The van der Waals surface area contributed by atoms with Crippen molar-refractivity contribution in [2.75, 3.05) is 0 Å². The van der Waals surface area contributed by atoms with E-state index >= 15 is 0 Å². The molecular formula is C16H20N2O2. The average molecular weight is 272 g/mol. The van der Waals surface area contributed by atoms with Gasteiger partial charge in [0.15, 0.2) is 0 Å². The summed E-state index contributed by atoms with van der Waals surface area (Å²) in [5.41, 5.74) is 1.91. The number of aromatic nitrogens is 1. The first-order chi connectivity index (χ1) is 9.58. The molecule has 1 heterocycles. The molecule has 4 nitrogen and oxygen atoms in total. The van der Waals surface area contributed by atoms with Crippen LogP contribution in [0.3, 0.4) is 0 Å². The van der Waals surface area contributed by atoms with Crippen LogP contribution in [0.2, 0.25) is 0 Å². The Kier molecular flexibility index (Phi) is 4.69. The Morgan fingerprint density at radius 3 is 2.80 bits per heavy atom. The molecule has 1 aromatic carbocycles. The van der Waals surface area contributed by atoms with Gasteiger partial charge in [0.1, 0.15) is 6.10 Å². The number of hydrogen-bond donors (Lipinski definition) is 2. The number of amides is 1. The molecule has 0 bridgehead atoms. The number of hydrogen-bond acceptors (Lipinski definition) is 3. The number of para-hydroxylation sites is 1. The number of pyridine rings is 1. The summed E-state index contributed by atoms with van der Waals surface area (Å²) in [6, 6.07) is 9.69. The average Bonchev–Trinajstić information content (AvgIpc) is 2.44. The molecule has 0 aliphatic heterocycles. The van der Waals surface area contributed by atoms with Gasteiger partial charge in [0.05, 0.1) is 5.52 Å². The minimum Gasteiger partial charge on any atom is -0.383 e. The van der Waals surface area contributed by atoms with Crippen molar-refractivity contribution < 1.29 is 9.90 Å². The van der Waals surface area contributed by atoms with E-state index in [-0.39, 0.29) is 11.8 Å². The lowest BCUT2D eigenvalue weighted by Crippen LogP contribution is -2.34. The monoisotopic (exact) mass is 272 g/mol. The molecule has 0 aliphatic rings. The Morgan fingerprint density at radius 2 is 2.05 bits per heavy atom. The number of fused-ring (bicyclic) bond motifs is 1. The number of carbonyl (C=O) groups is 1. The number of nitrogens with one attached hydrogen (secondary N) is 1. The third-order valence-electron chi connectivity index (χ3n) is 3.19. The van der Waals surface area contributed by atoms with Crippen LogP contribution in [0.5, 0.6) is 0 Å². The fourth-order valence-electron chi connectivity index (χ4n) is 2.16. The van der Waals surface area contributed by atoms with Crippen molar-refractivity contribution in [2.45, 2.75) is 32.9 Å². The lowest BCUT2D eigenvalue weighted by atomic mass is 10.1. The predicted molar refractivity (Wildman–Crippen MR) is 79.1 cm³/mol. The Morgan fingerprint density at radius 1 is 1.30 bits per heavy atom. The number of aliphatic hydroxyl groups is 1. The molecule has 0 saturated carbocycles. The molecule has 2 N–H and O–H groups in total. The van der Waals surface area contributed by atoms with Gasteiger partial charge in [-0.15, -0.1) is 0 Å². The highest BCUT2D eigenvalue weighted by molar-refractivity contribution is 5.83. The Bertz CT molecular complexity index is 591. The van der Waals surface area contributed by atoms with Gasteiger partial charge >= 0.3 is 0 Å². The number of nitrogens with zero attached hydrogens (tertiary/aromatic N) is 1. The second-order valence-corrected chi connectivity index (χ2v) is 5.35. The van der Waals surface area contributed by atoms with Gasteiger partial charge in [-0.05, 0) is 30.0 Å². The maximum atomic E-state index is 11.8. The van der Waals surface area contributed by atoms with Crippen LogP contribution in [0.25, 0.3) is 10.9 Å². The highest BCUT2D eigenvalue weighted by Gasteiger charge is 2.16. The lowest BCUT2D eigenvalue weighted by Gasteiger charge is -2.14. The highest BCUT2D eigenvalue weighted by Crippen LogP contribution is 2.16. The van der Waals surface area contributed by atoms with Crippen molar-refractivity contribution in [2.24, 2.45) is 5.92 Å². The minimum absolute atomic E-state index is 0.289. The summed E-state index contributed by atoms with van der Waals surface area (Å²) in [7, 11) is 0. The SMILES string of the molecule is CC(C)C[C@H](O)C(=O)NCc1ccnc2ccccc12. The van der Waals surface area contributed by atoms with Gasteiger partial charge in [0, 0.05) is 18.1 Å². The summed E-state index contributed by atoms with van der Waals surface area (Å²) >= 11 is 0. The molecule has 4 heteroatoms. The van der Waals surface area contributed by atoms with Crippen LogP contribution in [-0.4, -0.2) is 22.1 Å². The number of carbonyl (C=O) groups excluding carboxylic acids is 1. The Labute approximate surface area is 118 Å². The van der Waals surface area contributed by atoms with Crippen molar-refractivity contribution in [1.82, 2.24) is 10.3 Å². The van der Waals surface area contributed by atoms with E-state index in [2.05, 4.69) is 10.3 Å². The summed E-state index contributed by atoms with van der Waals surface area (Å²) in [5.74, 6) is -0.0305. The van der Waals surface area contributed by atoms with Crippen molar-refractivity contribution in [3.8, 4) is 0 Å². The summed E-state index contributed by atoms with van der Waals surface area (Å²) in [6.45, 7) is 4.36. The number of aliphatic hydroxyl groups excluding tert-OH is 1. The van der Waals surface area contributed by atoms with Crippen LogP contribution >= 0.6 is 0 Å². The van der Waals surface area contributed by atoms with Crippen molar-refractivity contribution in [1.29, 1.82) is 0 Å². The van der Waals surface area contributed by atoms with Gasteiger partial charge in [0.25, 0.3) is 0 Å². The van der Waals surface area contributed by atoms with Crippen LogP contribution in [0.4, 0.5) is 0 Å². The molecule has 1 amide bonds. The van der Waals surface area contributed by atoms with E-state index in [1.807, 2.05) is 44.2 Å². The number of benzene rings is 1.